The highest BCUT2D eigenvalue weighted by Crippen LogP contribution is 2.08. The van der Waals surface area contributed by atoms with E-state index in [0.29, 0.717) is 5.57 Å². The van der Waals surface area contributed by atoms with Crippen LogP contribution in [-0.4, -0.2) is 69.7 Å². The Morgan fingerprint density at radius 2 is 1.59 bits per heavy atom. The van der Waals surface area contributed by atoms with E-state index in [4.69, 9.17) is 15.3 Å². The third kappa shape index (κ3) is 8.00. The molecule has 1 amide bonds. The van der Waals surface area contributed by atoms with E-state index < -0.39 is 37.0 Å². The molecule has 0 saturated heterocycles. The number of nitrogens with zero attached hydrogens (tertiary/aromatic N) is 1. The lowest BCUT2D eigenvalue weighted by atomic mass is 10.1. The lowest BCUT2D eigenvalue weighted by molar-refractivity contribution is -0.149. The Morgan fingerprint density at radius 3 is 1.95 bits per heavy atom. The molecule has 0 saturated carbocycles. The van der Waals surface area contributed by atoms with Gasteiger partial charge in [-0.3, -0.25) is 24.1 Å². The zero-order valence-corrected chi connectivity index (χ0v) is 12.2. The first kappa shape index (κ1) is 19.6. The number of carboxylic acid groups (broad SMARTS) is 3. The van der Waals surface area contributed by atoms with Gasteiger partial charge in [-0.2, -0.15) is 0 Å². The minimum Gasteiger partial charge on any atom is -0.480 e. The lowest BCUT2D eigenvalue weighted by Crippen LogP contribution is -2.46. The smallest absolute Gasteiger partial charge is 0.320 e. The van der Waals surface area contributed by atoms with Crippen molar-refractivity contribution >= 4 is 23.8 Å². The van der Waals surface area contributed by atoms with Gasteiger partial charge < -0.3 is 20.6 Å². The van der Waals surface area contributed by atoms with Crippen molar-refractivity contribution in [3.05, 3.63) is 12.2 Å². The number of carboxylic acids is 3. The van der Waals surface area contributed by atoms with E-state index in [9.17, 15) is 19.2 Å². The van der Waals surface area contributed by atoms with Crippen LogP contribution in [-0.2, 0) is 19.2 Å². The maximum atomic E-state index is 11.3. The van der Waals surface area contributed by atoms with E-state index in [1.807, 2.05) is 0 Å². The Labute approximate surface area is 127 Å². The van der Waals surface area contributed by atoms with E-state index in [-0.39, 0.29) is 25.3 Å². The van der Waals surface area contributed by atoms with Gasteiger partial charge in [0, 0.05) is 12.1 Å². The van der Waals surface area contributed by atoms with E-state index in [2.05, 4.69) is 11.9 Å². The minimum absolute atomic E-state index is 0.00631. The third-order valence-electron chi connectivity index (χ3n) is 2.73. The van der Waals surface area contributed by atoms with Gasteiger partial charge in [-0.15, -0.1) is 0 Å². The molecule has 0 aliphatic rings. The molecule has 0 aliphatic carbocycles. The summed E-state index contributed by atoms with van der Waals surface area (Å²) in [6.07, 6.45) is 0.262. The summed E-state index contributed by atoms with van der Waals surface area (Å²) >= 11 is 0. The predicted octanol–water partition coefficient (Wildman–Crippen LogP) is -0.617. The van der Waals surface area contributed by atoms with E-state index in [1.54, 1.807) is 0 Å². The number of carbonyl (C=O) groups excluding carboxylic acids is 1. The van der Waals surface area contributed by atoms with Gasteiger partial charge in [0.15, 0.2) is 0 Å². The largest absolute Gasteiger partial charge is 0.480 e. The van der Waals surface area contributed by atoms with Crippen LogP contribution >= 0.6 is 0 Å². The number of hydrogen-bond acceptors (Lipinski definition) is 5. The number of nitrogens with one attached hydrogen (secondary N) is 1. The van der Waals surface area contributed by atoms with Crippen LogP contribution in [0, 0.1) is 0 Å². The van der Waals surface area contributed by atoms with Crippen LogP contribution in [0.15, 0.2) is 12.2 Å². The van der Waals surface area contributed by atoms with Crippen LogP contribution in [0.3, 0.4) is 0 Å². The maximum Gasteiger partial charge on any atom is 0.320 e. The molecule has 1 atom stereocenters. The fraction of sp³-hybridized carbons (Fsp3) is 0.538. The fourth-order valence-electron chi connectivity index (χ4n) is 1.73. The molecule has 9 nitrogen and oxygen atoms in total. The second-order valence-electron chi connectivity index (χ2n) is 4.72. The Kier molecular flexibility index (Phi) is 8.46. The highest BCUT2D eigenvalue weighted by atomic mass is 16.4. The molecule has 0 aromatic heterocycles. The third-order valence-corrected chi connectivity index (χ3v) is 2.73. The zero-order valence-electron chi connectivity index (χ0n) is 12.2. The highest BCUT2D eigenvalue weighted by molar-refractivity contribution is 5.92. The first-order valence-corrected chi connectivity index (χ1v) is 6.49. The van der Waals surface area contributed by atoms with Crippen molar-refractivity contribution in [2.45, 2.75) is 25.8 Å². The van der Waals surface area contributed by atoms with Gasteiger partial charge in [0.1, 0.15) is 6.04 Å². The molecule has 0 aromatic carbocycles. The van der Waals surface area contributed by atoms with Crippen molar-refractivity contribution < 1.29 is 34.5 Å². The molecule has 9 heteroatoms. The molecule has 0 fully saturated rings. The van der Waals surface area contributed by atoms with Crippen LogP contribution < -0.4 is 5.32 Å². The summed E-state index contributed by atoms with van der Waals surface area (Å²) in [6, 6.07) is -1.26. The summed E-state index contributed by atoms with van der Waals surface area (Å²) < 4.78 is 0. The van der Waals surface area contributed by atoms with Gasteiger partial charge in [-0.25, -0.2) is 0 Å². The average molecular weight is 316 g/mol. The van der Waals surface area contributed by atoms with Crippen LogP contribution in [0.5, 0.6) is 0 Å². The Hall–Kier alpha value is -2.42. The molecule has 22 heavy (non-hydrogen) atoms. The highest BCUT2D eigenvalue weighted by Gasteiger charge is 2.28. The van der Waals surface area contributed by atoms with Crippen molar-refractivity contribution in [3.63, 3.8) is 0 Å². The van der Waals surface area contributed by atoms with Crippen LogP contribution in [0.2, 0.25) is 0 Å². The van der Waals surface area contributed by atoms with Crippen LogP contribution in [0.25, 0.3) is 0 Å². The first-order chi connectivity index (χ1) is 10.1. The average Bonchev–Trinajstić information content (AvgIpc) is 2.35. The molecule has 0 heterocycles. The molecule has 4 N–H and O–H groups in total. The maximum absolute atomic E-state index is 11.3. The summed E-state index contributed by atoms with van der Waals surface area (Å²) in [7, 11) is 0. The molecule has 0 spiro atoms. The quantitative estimate of drug-likeness (QED) is 0.292. The van der Waals surface area contributed by atoms with Crippen LogP contribution in [0.1, 0.15) is 19.8 Å². The van der Waals surface area contributed by atoms with Gasteiger partial charge in [0.05, 0.1) is 13.1 Å². The second kappa shape index (κ2) is 9.50. The number of aliphatic carboxylic acids is 3. The molecular weight excluding hydrogens is 296 g/mol. The number of rotatable bonds is 11. The Bertz CT molecular complexity index is 445. The molecule has 0 aromatic rings. The summed E-state index contributed by atoms with van der Waals surface area (Å²) in [5.41, 5.74) is 0.313. The summed E-state index contributed by atoms with van der Waals surface area (Å²) in [6.45, 7) is 3.77. The Morgan fingerprint density at radius 1 is 1.09 bits per heavy atom. The lowest BCUT2D eigenvalue weighted by Gasteiger charge is -2.25. The summed E-state index contributed by atoms with van der Waals surface area (Å²) in [4.78, 5) is 44.8. The van der Waals surface area contributed by atoms with Crippen LogP contribution in [0.4, 0.5) is 0 Å². The molecule has 0 radical (unpaired) electrons. The summed E-state index contributed by atoms with van der Waals surface area (Å²) in [5, 5.41) is 29.1. The molecular formula is C13H20N2O7. The number of hydrogen-bond donors (Lipinski definition) is 4. The number of amides is 1. The molecule has 1 unspecified atom stereocenters. The molecule has 0 rings (SSSR count). The van der Waals surface area contributed by atoms with Gasteiger partial charge in [-0.1, -0.05) is 6.58 Å². The van der Waals surface area contributed by atoms with Crippen molar-refractivity contribution in [1.29, 1.82) is 0 Å². The van der Waals surface area contributed by atoms with Gasteiger partial charge in [0.2, 0.25) is 5.91 Å². The summed E-state index contributed by atoms with van der Waals surface area (Å²) in [5.74, 6) is -4.31. The van der Waals surface area contributed by atoms with Gasteiger partial charge in [-0.05, 0) is 19.8 Å². The van der Waals surface area contributed by atoms with Crippen molar-refractivity contribution in [1.82, 2.24) is 10.2 Å². The zero-order chi connectivity index (χ0) is 17.3. The fourth-order valence-corrected chi connectivity index (χ4v) is 1.73. The topological polar surface area (TPSA) is 144 Å². The van der Waals surface area contributed by atoms with E-state index in [0.717, 1.165) is 4.90 Å². The predicted molar refractivity (Wildman–Crippen MR) is 75.3 cm³/mol. The van der Waals surface area contributed by atoms with E-state index in [1.165, 1.54) is 6.92 Å². The van der Waals surface area contributed by atoms with Crippen molar-refractivity contribution in [2.75, 3.05) is 19.6 Å². The first-order valence-electron chi connectivity index (χ1n) is 6.49. The second-order valence-corrected chi connectivity index (χ2v) is 4.72. The molecule has 0 bridgehead atoms. The molecule has 124 valence electrons. The monoisotopic (exact) mass is 316 g/mol. The number of carbonyl (C=O) groups is 4. The Balaban J connectivity index is 4.62. The van der Waals surface area contributed by atoms with Crippen molar-refractivity contribution in [3.8, 4) is 0 Å². The van der Waals surface area contributed by atoms with Gasteiger partial charge in [0.25, 0.3) is 0 Å². The SMILES string of the molecule is C=C(C)C(=O)NCCCC(C(=O)O)N(CC(=O)O)CC(=O)O. The standard InChI is InChI=1S/C13H20N2O7/c1-8(2)12(20)14-5-3-4-9(13(21)22)15(6-10(16)17)7-11(18)19/h9H,1,3-7H2,2H3,(H,14,20)(H,16,17)(H,18,19)(H,21,22). The minimum atomic E-state index is -1.32. The van der Waals surface area contributed by atoms with E-state index >= 15 is 0 Å². The van der Waals surface area contributed by atoms with Crippen molar-refractivity contribution in [2.24, 2.45) is 0 Å². The normalized spacial score (nSPS) is 11.7. The van der Waals surface area contributed by atoms with Gasteiger partial charge >= 0.3 is 17.9 Å². The molecule has 0 aliphatic heterocycles.